The van der Waals surface area contributed by atoms with Gasteiger partial charge in [0.05, 0.1) is 19.8 Å². The van der Waals surface area contributed by atoms with Gasteiger partial charge in [0.15, 0.2) is 6.10 Å². The molecule has 0 aliphatic carbocycles. The van der Waals surface area contributed by atoms with Gasteiger partial charge >= 0.3 is 0 Å². The summed E-state index contributed by atoms with van der Waals surface area (Å²) in [5.41, 5.74) is 6.00. The highest BCUT2D eigenvalue weighted by Gasteiger charge is 2.22. The molecule has 1 atom stereocenters. The highest BCUT2D eigenvalue weighted by molar-refractivity contribution is 7.80. The average Bonchev–Trinajstić information content (AvgIpc) is 2.47. The average molecular weight is 296 g/mol. The van der Waals surface area contributed by atoms with Gasteiger partial charge in [-0.05, 0) is 24.3 Å². The molecular weight excluding hydrogens is 280 g/mol. The maximum Gasteiger partial charge on any atom is 0.255 e. The molecule has 1 unspecified atom stereocenters. The molecule has 2 rings (SSSR count). The fourth-order valence-electron chi connectivity index (χ4n) is 1.65. The second kappa shape index (κ2) is 7.18. The molecule has 0 saturated carbocycles. The molecule has 1 amide bonds. The molecule has 0 aromatic heterocycles. The van der Waals surface area contributed by atoms with Crippen molar-refractivity contribution in [2.75, 3.05) is 31.7 Å². The Kier molecular flexibility index (Phi) is 5.28. The lowest BCUT2D eigenvalue weighted by atomic mass is 10.2. The molecule has 1 saturated heterocycles. The Hall–Kier alpha value is -1.70. The van der Waals surface area contributed by atoms with Crippen LogP contribution in [0.1, 0.15) is 0 Å². The molecule has 20 heavy (non-hydrogen) atoms. The van der Waals surface area contributed by atoms with Crippen molar-refractivity contribution in [2.24, 2.45) is 5.73 Å². The minimum absolute atomic E-state index is 0.189. The molecule has 108 valence electrons. The van der Waals surface area contributed by atoms with Crippen LogP contribution in [-0.4, -0.2) is 43.4 Å². The Balaban J connectivity index is 1.86. The molecular formula is C13H16N2O4S. The maximum absolute atomic E-state index is 11.9. The zero-order valence-electron chi connectivity index (χ0n) is 10.8. The van der Waals surface area contributed by atoms with Crippen molar-refractivity contribution in [1.82, 2.24) is 0 Å². The van der Waals surface area contributed by atoms with E-state index in [1.807, 2.05) is 0 Å². The van der Waals surface area contributed by atoms with E-state index in [1.165, 1.54) is 0 Å². The van der Waals surface area contributed by atoms with Crippen molar-refractivity contribution in [1.29, 1.82) is 0 Å². The van der Waals surface area contributed by atoms with Crippen molar-refractivity contribution in [2.45, 2.75) is 6.10 Å². The number of thiocarbonyl (C=S) groups is 1. The van der Waals surface area contributed by atoms with Gasteiger partial charge in [-0.3, -0.25) is 4.79 Å². The van der Waals surface area contributed by atoms with E-state index in [4.69, 9.17) is 32.2 Å². The highest BCUT2D eigenvalue weighted by Crippen LogP contribution is 2.16. The standard InChI is InChI=1S/C13H16N2O4S/c14-12(20)8-19-10-3-1-9(2-4-10)15-13(16)11-7-17-5-6-18-11/h1-4,11H,5-8H2,(H2,14,20)(H,15,16). The lowest BCUT2D eigenvalue weighted by Gasteiger charge is -2.22. The number of nitrogens with one attached hydrogen (secondary N) is 1. The molecule has 1 aromatic carbocycles. The molecule has 1 aromatic rings. The van der Waals surface area contributed by atoms with Crippen LogP contribution in [0, 0.1) is 0 Å². The van der Waals surface area contributed by atoms with Gasteiger partial charge < -0.3 is 25.3 Å². The van der Waals surface area contributed by atoms with Crippen LogP contribution in [0.25, 0.3) is 0 Å². The van der Waals surface area contributed by atoms with Crippen LogP contribution in [-0.2, 0) is 14.3 Å². The molecule has 1 heterocycles. The van der Waals surface area contributed by atoms with Crippen LogP contribution >= 0.6 is 12.2 Å². The normalized spacial score (nSPS) is 18.3. The first-order chi connectivity index (χ1) is 9.65. The summed E-state index contributed by atoms with van der Waals surface area (Å²) in [7, 11) is 0. The predicted octanol–water partition coefficient (Wildman–Crippen LogP) is 0.705. The first-order valence-corrected chi connectivity index (χ1v) is 6.57. The van der Waals surface area contributed by atoms with Crippen LogP contribution < -0.4 is 15.8 Å². The number of hydrogen-bond donors (Lipinski definition) is 2. The van der Waals surface area contributed by atoms with Gasteiger partial charge in [0, 0.05) is 5.69 Å². The molecule has 3 N–H and O–H groups in total. The first-order valence-electron chi connectivity index (χ1n) is 6.16. The van der Waals surface area contributed by atoms with E-state index in [0.717, 1.165) is 0 Å². The second-order valence-corrected chi connectivity index (χ2v) is 4.73. The Bertz CT molecular complexity index is 472. The largest absolute Gasteiger partial charge is 0.487 e. The monoisotopic (exact) mass is 296 g/mol. The Labute approximate surface area is 122 Å². The summed E-state index contributed by atoms with van der Waals surface area (Å²) in [6, 6.07) is 6.92. The molecule has 1 aliphatic heterocycles. The fraction of sp³-hybridized carbons (Fsp3) is 0.385. The summed E-state index contributed by atoms with van der Waals surface area (Å²) < 4.78 is 15.8. The van der Waals surface area contributed by atoms with Crippen molar-refractivity contribution < 1.29 is 19.0 Å². The fourth-order valence-corrected chi connectivity index (χ4v) is 1.71. The van der Waals surface area contributed by atoms with Crippen LogP contribution in [0.5, 0.6) is 5.75 Å². The number of carbonyl (C=O) groups excluding carboxylic acids is 1. The van der Waals surface area contributed by atoms with E-state index in [1.54, 1.807) is 24.3 Å². The molecule has 7 heteroatoms. The maximum atomic E-state index is 11.9. The molecule has 0 bridgehead atoms. The highest BCUT2D eigenvalue weighted by atomic mass is 32.1. The van der Waals surface area contributed by atoms with Gasteiger partial charge in [-0.25, -0.2) is 0 Å². The number of anilines is 1. The third-order valence-corrected chi connectivity index (χ3v) is 2.73. The van der Waals surface area contributed by atoms with Crippen molar-refractivity contribution in [3.63, 3.8) is 0 Å². The molecule has 6 nitrogen and oxygen atoms in total. The number of hydrogen-bond acceptors (Lipinski definition) is 5. The summed E-state index contributed by atoms with van der Waals surface area (Å²) in [4.78, 5) is 12.2. The summed E-state index contributed by atoms with van der Waals surface area (Å²) in [5, 5.41) is 2.75. The quantitative estimate of drug-likeness (QED) is 0.779. The Morgan fingerprint density at radius 1 is 1.40 bits per heavy atom. The number of carbonyl (C=O) groups is 1. The molecule has 0 radical (unpaired) electrons. The van der Waals surface area contributed by atoms with E-state index in [2.05, 4.69) is 5.32 Å². The van der Waals surface area contributed by atoms with Gasteiger partial charge in [0.1, 0.15) is 17.3 Å². The van der Waals surface area contributed by atoms with Gasteiger partial charge in [0.2, 0.25) is 0 Å². The van der Waals surface area contributed by atoms with E-state index >= 15 is 0 Å². The number of nitrogens with two attached hydrogens (primary N) is 1. The number of benzene rings is 1. The number of ether oxygens (including phenoxy) is 3. The van der Waals surface area contributed by atoms with Crippen molar-refractivity contribution in [3.8, 4) is 5.75 Å². The van der Waals surface area contributed by atoms with Crippen molar-refractivity contribution in [3.05, 3.63) is 24.3 Å². The Morgan fingerprint density at radius 3 is 2.75 bits per heavy atom. The van der Waals surface area contributed by atoms with E-state index in [-0.39, 0.29) is 24.1 Å². The first kappa shape index (κ1) is 14.7. The lowest BCUT2D eigenvalue weighted by molar-refractivity contribution is -0.142. The summed E-state index contributed by atoms with van der Waals surface area (Å²) in [6.45, 7) is 1.43. The third-order valence-electron chi connectivity index (χ3n) is 2.61. The van der Waals surface area contributed by atoms with Gasteiger partial charge in [-0.1, -0.05) is 12.2 Å². The van der Waals surface area contributed by atoms with Gasteiger partial charge in [0.25, 0.3) is 5.91 Å². The topological polar surface area (TPSA) is 82.8 Å². The summed E-state index contributed by atoms with van der Waals surface area (Å²) >= 11 is 4.72. The van der Waals surface area contributed by atoms with E-state index in [9.17, 15) is 4.79 Å². The zero-order valence-corrected chi connectivity index (χ0v) is 11.7. The molecule has 0 spiro atoms. The van der Waals surface area contributed by atoms with E-state index in [0.29, 0.717) is 24.7 Å². The smallest absolute Gasteiger partial charge is 0.255 e. The molecule has 1 fully saturated rings. The SMILES string of the molecule is NC(=S)COc1ccc(NC(=O)C2COCCO2)cc1. The second-order valence-electron chi connectivity index (χ2n) is 4.20. The van der Waals surface area contributed by atoms with Crippen LogP contribution in [0.3, 0.4) is 0 Å². The van der Waals surface area contributed by atoms with E-state index < -0.39 is 6.10 Å². The predicted molar refractivity (Wildman–Crippen MR) is 77.9 cm³/mol. The summed E-state index contributed by atoms with van der Waals surface area (Å²) in [5.74, 6) is 0.412. The van der Waals surface area contributed by atoms with Gasteiger partial charge in [-0.2, -0.15) is 0 Å². The third kappa shape index (κ3) is 4.44. The lowest BCUT2D eigenvalue weighted by Crippen LogP contribution is -2.39. The van der Waals surface area contributed by atoms with Crippen LogP contribution in [0.4, 0.5) is 5.69 Å². The molecule has 1 aliphatic rings. The van der Waals surface area contributed by atoms with Crippen LogP contribution in [0.15, 0.2) is 24.3 Å². The number of amides is 1. The van der Waals surface area contributed by atoms with Gasteiger partial charge in [-0.15, -0.1) is 0 Å². The minimum Gasteiger partial charge on any atom is -0.487 e. The van der Waals surface area contributed by atoms with Crippen LogP contribution in [0.2, 0.25) is 0 Å². The summed E-state index contributed by atoms with van der Waals surface area (Å²) in [6.07, 6.45) is -0.561. The number of rotatable bonds is 5. The zero-order chi connectivity index (χ0) is 14.4. The Morgan fingerprint density at radius 2 is 2.15 bits per heavy atom. The minimum atomic E-state index is -0.561. The van der Waals surface area contributed by atoms with Crippen molar-refractivity contribution >= 4 is 28.8 Å².